The number of carbonyl (C=O) groups is 1. The van der Waals surface area contributed by atoms with Gasteiger partial charge in [-0.1, -0.05) is 26.0 Å². The van der Waals surface area contributed by atoms with Crippen molar-refractivity contribution in [2.45, 2.75) is 32.9 Å². The van der Waals surface area contributed by atoms with Gasteiger partial charge in [0, 0.05) is 6.20 Å². The highest BCUT2D eigenvalue weighted by Crippen LogP contribution is 2.37. The summed E-state index contributed by atoms with van der Waals surface area (Å²) < 4.78 is 46.0. The van der Waals surface area contributed by atoms with Gasteiger partial charge in [-0.2, -0.15) is 13.2 Å². The molecule has 3 rings (SSSR count). The summed E-state index contributed by atoms with van der Waals surface area (Å²) in [6.45, 7) is 5.73. The van der Waals surface area contributed by atoms with Crippen molar-refractivity contribution in [3.05, 3.63) is 69.5 Å². The Balaban J connectivity index is 2.02. The summed E-state index contributed by atoms with van der Waals surface area (Å²) in [5, 5.41) is 2.44. The maximum absolute atomic E-state index is 13.5. The molecule has 0 aliphatic carbocycles. The van der Waals surface area contributed by atoms with E-state index in [0.29, 0.717) is 23.4 Å². The molecular formula is C22H21F3N2O3. The number of H-pyrrole nitrogens is 1. The zero-order chi connectivity index (χ0) is 22.1. The third-order valence-electron chi connectivity index (χ3n) is 4.68. The van der Waals surface area contributed by atoms with Crippen molar-refractivity contribution in [2.24, 2.45) is 0 Å². The third-order valence-corrected chi connectivity index (χ3v) is 4.68. The van der Waals surface area contributed by atoms with Gasteiger partial charge in [-0.3, -0.25) is 9.59 Å². The van der Waals surface area contributed by atoms with Crippen LogP contribution in [-0.2, 0) is 6.18 Å². The molecule has 2 N–H and O–H groups in total. The molecule has 0 atom stereocenters. The maximum Gasteiger partial charge on any atom is 0.418 e. The van der Waals surface area contributed by atoms with E-state index >= 15 is 0 Å². The van der Waals surface area contributed by atoms with Gasteiger partial charge in [0.1, 0.15) is 11.3 Å². The van der Waals surface area contributed by atoms with Gasteiger partial charge in [0.2, 0.25) is 5.43 Å². The van der Waals surface area contributed by atoms with Crippen molar-refractivity contribution in [3.63, 3.8) is 0 Å². The van der Waals surface area contributed by atoms with Crippen LogP contribution in [0.5, 0.6) is 5.75 Å². The van der Waals surface area contributed by atoms with Gasteiger partial charge in [-0.15, -0.1) is 0 Å². The summed E-state index contributed by atoms with van der Waals surface area (Å²) in [4.78, 5) is 28.3. The highest BCUT2D eigenvalue weighted by molar-refractivity contribution is 6.06. The van der Waals surface area contributed by atoms with Crippen LogP contribution >= 0.6 is 0 Å². The molecule has 3 aromatic rings. The van der Waals surface area contributed by atoms with Crippen molar-refractivity contribution >= 4 is 22.5 Å². The number of pyridine rings is 1. The molecule has 0 unspecified atom stereocenters. The Morgan fingerprint density at radius 1 is 1.20 bits per heavy atom. The van der Waals surface area contributed by atoms with E-state index in [0.717, 1.165) is 6.07 Å². The van der Waals surface area contributed by atoms with Crippen LogP contribution < -0.4 is 15.5 Å². The number of hydrogen-bond donors (Lipinski definition) is 2. The van der Waals surface area contributed by atoms with Gasteiger partial charge in [0.25, 0.3) is 5.91 Å². The van der Waals surface area contributed by atoms with E-state index in [1.54, 1.807) is 32.9 Å². The number of aromatic amines is 1. The minimum atomic E-state index is -4.66. The predicted octanol–water partition coefficient (Wildman–Crippen LogP) is 5.32. The summed E-state index contributed by atoms with van der Waals surface area (Å²) >= 11 is 0. The lowest BCUT2D eigenvalue weighted by molar-refractivity contribution is -0.137. The Kier molecular flexibility index (Phi) is 5.87. The number of benzene rings is 2. The second-order valence-corrected chi connectivity index (χ2v) is 7.05. The normalized spacial score (nSPS) is 11.7. The molecule has 158 valence electrons. The van der Waals surface area contributed by atoms with E-state index in [9.17, 15) is 22.8 Å². The van der Waals surface area contributed by atoms with Crippen molar-refractivity contribution in [1.29, 1.82) is 0 Å². The number of amides is 1. The molecule has 1 heterocycles. The zero-order valence-corrected chi connectivity index (χ0v) is 16.7. The number of nitrogens with one attached hydrogen (secondary N) is 2. The number of aromatic nitrogens is 1. The summed E-state index contributed by atoms with van der Waals surface area (Å²) in [6.07, 6.45) is -3.48. The van der Waals surface area contributed by atoms with Crippen LogP contribution in [0.25, 0.3) is 10.9 Å². The molecule has 0 radical (unpaired) electrons. The Bertz CT molecular complexity index is 1150. The van der Waals surface area contributed by atoms with Crippen LogP contribution in [0.3, 0.4) is 0 Å². The van der Waals surface area contributed by atoms with E-state index in [1.165, 1.54) is 24.4 Å². The molecule has 30 heavy (non-hydrogen) atoms. The molecule has 0 saturated carbocycles. The van der Waals surface area contributed by atoms with Gasteiger partial charge >= 0.3 is 6.18 Å². The van der Waals surface area contributed by atoms with Crippen LogP contribution in [0, 0.1) is 0 Å². The van der Waals surface area contributed by atoms with Crippen LogP contribution in [0.2, 0.25) is 0 Å². The average Bonchev–Trinajstić information content (AvgIpc) is 2.68. The fourth-order valence-corrected chi connectivity index (χ4v) is 3.12. The lowest BCUT2D eigenvalue weighted by Crippen LogP contribution is -2.23. The molecule has 0 saturated heterocycles. The number of rotatable bonds is 5. The average molecular weight is 418 g/mol. The maximum atomic E-state index is 13.5. The monoisotopic (exact) mass is 418 g/mol. The van der Waals surface area contributed by atoms with E-state index < -0.39 is 28.8 Å². The van der Waals surface area contributed by atoms with Crippen LogP contribution in [0.4, 0.5) is 18.9 Å². The van der Waals surface area contributed by atoms with Crippen molar-refractivity contribution in [2.75, 3.05) is 11.9 Å². The first kappa shape index (κ1) is 21.4. The molecule has 0 aliphatic heterocycles. The quantitative estimate of drug-likeness (QED) is 0.589. The number of ether oxygens (including phenoxy) is 1. The first-order valence-corrected chi connectivity index (χ1v) is 9.43. The molecule has 1 aromatic heterocycles. The highest BCUT2D eigenvalue weighted by atomic mass is 19.4. The molecule has 8 heteroatoms. The Hall–Kier alpha value is -3.29. The topological polar surface area (TPSA) is 71.2 Å². The SMILES string of the molecule is CCOc1cccc2c(=O)c(C(=O)Nc3ccc(C(C)C)cc3C(F)(F)F)c[nH]c12. The second-order valence-electron chi connectivity index (χ2n) is 7.05. The van der Waals surface area contributed by atoms with E-state index in [-0.39, 0.29) is 16.9 Å². The smallest absolute Gasteiger partial charge is 0.418 e. The third kappa shape index (κ3) is 4.17. The number of fused-ring (bicyclic) bond motifs is 1. The lowest BCUT2D eigenvalue weighted by atomic mass is 9.99. The van der Waals surface area contributed by atoms with Crippen molar-refractivity contribution < 1.29 is 22.7 Å². The van der Waals surface area contributed by atoms with E-state index in [2.05, 4.69) is 10.3 Å². The van der Waals surface area contributed by atoms with Gasteiger partial charge in [0.05, 0.1) is 28.8 Å². The fraction of sp³-hybridized carbons (Fsp3) is 0.273. The Morgan fingerprint density at radius 3 is 2.57 bits per heavy atom. The molecule has 5 nitrogen and oxygen atoms in total. The Morgan fingerprint density at radius 2 is 1.93 bits per heavy atom. The van der Waals surface area contributed by atoms with E-state index in [4.69, 9.17) is 4.74 Å². The van der Waals surface area contributed by atoms with Gasteiger partial charge < -0.3 is 15.0 Å². The number of para-hydroxylation sites is 1. The summed E-state index contributed by atoms with van der Waals surface area (Å²) in [7, 11) is 0. The number of hydrogen-bond acceptors (Lipinski definition) is 3. The first-order chi connectivity index (χ1) is 14.1. The summed E-state index contributed by atoms with van der Waals surface area (Å²) in [5.74, 6) is -0.593. The minimum Gasteiger partial charge on any atom is -0.492 e. The lowest BCUT2D eigenvalue weighted by Gasteiger charge is -2.16. The number of halogens is 3. The minimum absolute atomic E-state index is 0.112. The molecule has 0 fully saturated rings. The summed E-state index contributed by atoms with van der Waals surface area (Å²) in [6, 6.07) is 8.54. The van der Waals surface area contributed by atoms with Gasteiger partial charge in [0.15, 0.2) is 0 Å². The van der Waals surface area contributed by atoms with Crippen molar-refractivity contribution in [1.82, 2.24) is 4.98 Å². The number of alkyl halides is 3. The van der Waals surface area contributed by atoms with Gasteiger partial charge in [-0.05, 0) is 42.7 Å². The Labute approximate surface area is 170 Å². The van der Waals surface area contributed by atoms with Crippen LogP contribution in [-0.4, -0.2) is 17.5 Å². The number of carbonyl (C=O) groups excluding carboxylic acids is 1. The second kappa shape index (κ2) is 8.22. The standard InChI is InChI=1S/C22H21F3N2O3/c1-4-30-18-7-5-6-14-19(18)26-11-15(20(14)28)21(29)27-17-9-8-13(12(2)3)10-16(17)22(23,24)25/h5-12H,4H2,1-3H3,(H,26,28)(H,27,29). The summed E-state index contributed by atoms with van der Waals surface area (Å²) in [5.41, 5.74) is -1.35. The molecule has 0 bridgehead atoms. The molecule has 1 amide bonds. The van der Waals surface area contributed by atoms with Crippen LogP contribution in [0.1, 0.15) is 48.2 Å². The number of anilines is 1. The zero-order valence-electron chi connectivity index (χ0n) is 16.7. The van der Waals surface area contributed by atoms with Crippen LogP contribution in [0.15, 0.2) is 47.4 Å². The first-order valence-electron chi connectivity index (χ1n) is 9.43. The largest absolute Gasteiger partial charge is 0.492 e. The van der Waals surface area contributed by atoms with Gasteiger partial charge in [-0.25, -0.2) is 0 Å². The predicted molar refractivity (Wildman–Crippen MR) is 109 cm³/mol. The molecule has 0 spiro atoms. The van der Waals surface area contributed by atoms with Crippen molar-refractivity contribution in [3.8, 4) is 5.75 Å². The molecule has 2 aromatic carbocycles. The highest BCUT2D eigenvalue weighted by Gasteiger charge is 2.34. The van der Waals surface area contributed by atoms with E-state index in [1.807, 2.05) is 0 Å². The molecule has 0 aliphatic rings. The molecular weight excluding hydrogens is 397 g/mol. The fourth-order valence-electron chi connectivity index (χ4n) is 3.12.